The number of nitrogens with zero attached hydrogens (tertiary/aromatic N) is 1. The number of unbranched alkanes of at least 4 members (excludes halogenated alkanes) is 4. The minimum Gasteiger partial charge on any atom is -0.461 e. The Morgan fingerprint density at radius 3 is 2.60 bits per heavy atom. The van der Waals surface area contributed by atoms with E-state index in [9.17, 15) is 24.3 Å². The Morgan fingerprint density at radius 2 is 1.90 bits per heavy atom. The molecule has 0 aliphatic heterocycles. The molecule has 6 atom stereocenters. The quantitative estimate of drug-likeness (QED) is 0.0882. The van der Waals surface area contributed by atoms with Crippen LogP contribution in [0.25, 0.3) is 0 Å². The molecule has 1 saturated carbocycles. The maximum Gasteiger partial charge on any atom is 0.308 e. The van der Waals surface area contributed by atoms with Gasteiger partial charge in [-0.2, -0.15) is 0 Å². The number of allylic oxidation sites excluding steroid dienone is 1. The lowest BCUT2D eigenvalue weighted by Gasteiger charge is -2.43. The van der Waals surface area contributed by atoms with Crippen molar-refractivity contribution in [3.63, 3.8) is 0 Å². The summed E-state index contributed by atoms with van der Waals surface area (Å²) in [6.07, 6.45) is 8.78. The normalized spacial score (nSPS) is 24.3. The average molecular weight is 590 g/mol. The van der Waals surface area contributed by atoms with Crippen molar-refractivity contribution in [3.05, 3.63) is 24.3 Å². The summed E-state index contributed by atoms with van der Waals surface area (Å²) < 4.78 is 10.9. The van der Waals surface area contributed by atoms with Crippen LogP contribution >= 0.6 is 0 Å². The minimum atomic E-state index is -1.15. The Hall–Kier alpha value is -2.81. The summed E-state index contributed by atoms with van der Waals surface area (Å²) in [6.45, 7) is 11.8. The van der Waals surface area contributed by atoms with E-state index in [0.717, 1.165) is 24.8 Å². The van der Waals surface area contributed by atoms with Gasteiger partial charge in [0.2, 0.25) is 0 Å². The molecular formula is C33H51NO8. The average Bonchev–Trinajstić information content (AvgIpc) is 2.96. The lowest BCUT2D eigenvalue weighted by molar-refractivity contribution is -0.158. The topological polar surface area (TPSA) is 129 Å². The van der Waals surface area contributed by atoms with Crippen molar-refractivity contribution in [1.29, 1.82) is 0 Å². The van der Waals surface area contributed by atoms with Gasteiger partial charge < -0.3 is 19.4 Å². The molecule has 0 heterocycles. The third-order valence-corrected chi connectivity index (χ3v) is 8.39. The standard InChI is InChI=1S/C33H51NO8/c1-6-9-10-11-12-18-41-34-28-15-16-30(42-33(39)22(4)8-3)32-26(23(5)29(37)21-27(28)32)14-13-24(35)19-25(36)20-31(38)40-17-7-2/h7,21-23,25-26,30,32,36H,2,6,8-20H2,1,3-5H3/b34-28-. The maximum absolute atomic E-state index is 13.1. The van der Waals surface area contributed by atoms with Gasteiger partial charge in [-0.15, -0.1) is 0 Å². The van der Waals surface area contributed by atoms with Crippen LogP contribution < -0.4 is 0 Å². The van der Waals surface area contributed by atoms with Crippen molar-refractivity contribution >= 4 is 29.2 Å². The van der Waals surface area contributed by atoms with E-state index < -0.39 is 18.2 Å². The van der Waals surface area contributed by atoms with Crippen LogP contribution in [0.1, 0.15) is 105 Å². The van der Waals surface area contributed by atoms with E-state index in [4.69, 9.17) is 14.3 Å². The Balaban J connectivity index is 2.16. The Morgan fingerprint density at radius 1 is 1.17 bits per heavy atom. The van der Waals surface area contributed by atoms with Gasteiger partial charge in [0.05, 0.1) is 24.2 Å². The zero-order valence-corrected chi connectivity index (χ0v) is 26.0. The molecule has 0 radical (unpaired) electrons. The number of ketones is 2. The highest BCUT2D eigenvalue weighted by Crippen LogP contribution is 2.44. The molecule has 42 heavy (non-hydrogen) atoms. The van der Waals surface area contributed by atoms with E-state index in [0.29, 0.717) is 38.0 Å². The number of hydrogen-bond acceptors (Lipinski definition) is 9. The van der Waals surface area contributed by atoms with Crippen molar-refractivity contribution < 1.29 is 38.6 Å². The van der Waals surface area contributed by atoms with Gasteiger partial charge in [0.1, 0.15) is 25.1 Å². The number of hydrogen-bond donors (Lipinski definition) is 1. The number of aliphatic hydroxyl groups excluding tert-OH is 1. The van der Waals surface area contributed by atoms with Crippen molar-refractivity contribution in [2.45, 2.75) is 117 Å². The molecule has 9 heteroatoms. The molecule has 0 spiro atoms. The van der Waals surface area contributed by atoms with Crippen molar-refractivity contribution in [3.8, 4) is 0 Å². The molecule has 0 aromatic rings. The van der Waals surface area contributed by atoms with E-state index in [1.54, 1.807) is 6.08 Å². The number of oxime groups is 1. The third kappa shape index (κ3) is 11.1. The highest BCUT2D eigenvalue weighted by atomic mass is 16.6. The first-order valence-electron chi connectivity index (χ1n) is 15.7. The van der Waals surface area contributed by atoms with Gasteiger partial charge in [-0.1, -0.05) is 64.8 Å². The summed E-state index contributed by atoms with van der Waals surface area (Å²) >= 11 is 0. The molecule has 2 aliphatic carbocycles. The molecular weight excluding hydrogens is 538 g/mol. The highest BCUT2D eigenvalue weighted by molar-refractivity contribution is 6.08. The molecule has 1 fully saturated rings. The number of ether oxygens (including phenoxy) is 2. The van der Waals surface area contributed by atoms with E-state index in [2.05, 4.69) is 18.7 Å². The van der Waals surface area contributed by atoms with Crippen LogP contribution in [-0.2, 0) is 33.5 Å². The minimum absolute atomic E-state index is 0.0440. The molecule has 0 bridgehead atoms. The second kappa shape index (κ2) is 18.7. The van der Waals surface area contributed by atoms with Gasteiger partial charge in [0, 0.05) is 24.7 Å². The molecule has 0 aromatic heterocycles. The monoisotopic (exact) mass is 589 g/mol. The van der Waals surface area contributed by atoms with Crippen molar-refractivity contribution in [2.24, 2.45) is 28.8 Å². The largest absolute Gasteiger partial charge is 0.461 e. The van der Waals surface area contributed by atoms with Crippen LogP contribution in [-0.4, -0.2) is 59.7 Å². The van der Waals surface area contributed by atoms with Crippen LogP contribution in [0.2, 0.25) is 0 Å². The molecule has 2 rings (SSSR count). The molecule has 236 valence electrons. The van der Waals surface area contributed by atoms with Crippen molar-refractivity contribution in [1.82, 2.24) is 0 Å². The summed E-state index contributed by atoms with van der Waals surface area (Å²) in [6, 6.07) is 0. The number of fused-ring (bicyclic) bond motifs is 1. The SMILES string of the molecule is C=CCOC(=O)CC(O)CC(=O)CCC1C(C)C(=O)C=C2/C(=N\OCCCCCCC)CCC(OC(=O)C(C)CC)C21. The predicted molar refractivity (Wildman–Crippen MR) is 161 cm³/mol. The maximum atomic E-state index is 13.1. The summed E-state index contributed by atoms with van der Waals surface area (Å²) in [7, 11) is 0. The second-order valence-electron chi connectivity index (χ2n) is 11.7. The molecule has 0 saturated heterocycles. The van der Waals surface area contributed by atoms with Gasteiger partial charge in [0.15, 0.2) is 5.78 Å². The molecule has 0 aromatic carbocycles. The molecule has 6 unspecified atom stereocenters. The Kier molecular flexibility index (Phi) is 15.7. The van der Waals surface area contributed by atoms with Gasteiger partial charge in [-0.3, -0.25) is 19.2 Å². The fraction of sp³-hybridized carbons (Fsp3) is 0.727. The first-order chi connectivity index (χ1) is 20.1. The summed E-state index contributed by atoms with van der Waals surface area (Å²) in [5, 5.41) is 14.7. The van der Waals surface area contributed by atoms with Crippen molar-refractivity contribution in [2.75, 3.05) is 13.2 Å². The fourth-order valence-electron chi connectivity index (χ4n) is 5.64. The number of carbonyl (C=O) groups excluding carboxylic acids is 4. The molecule has 1 N–H and O–H groups in total. The van der Waals surface area contributed by atoms with Crippen LogP contribution in [0.4, 0.5) is 0 Å². The molecule has 9 nitrogen and oxygen atoms in total. The van der Waals surface area contributed by atoms with Crippen LogP contribution in [0.15, 0.2) is 29.5 Å². The van der Waals surface area contributed by atoms with E-state index in [1.807, 2.05) is 20.8 Å². The van der Waals surface area contributed by atoms with Gasteiger partial charge in [0.25, 0.3) is 0 Å². The van der Waals surface area contributed by atoms with E-state index in [-0.39, 0.29) is 67.1 Å². The Bertz CT molecular complexity index is 987. The first kappa shape index (κ1) is 35.4. The van der Waals surface area contributed by atoms with Crippen LogP contribution in [0.5, 0.6) is 0 Å². The lowest BCUT2D eigenvalue weighted by atomic mass is 9.63. The number of Topliss-reactive ketones (excluding diaryl/α,β-unsaturated/α-hetero) is 1. The van der Waals surface area contributed by atoms with Gasteiger partial charge in [-0.05, 0) is 56.1 Å². The summed E-state index contributed by atoms with van der Waals surface area (Å²) in [4.78, 5) is 56.2. The summed E-state index contributed by atoms with van der Waals surface area (Å²) in [5.41, 5.74) is 1.44. The number of carbonyl (C=O) groups is 4. The zero-order chi connectivity index (χ0) is 31.1. The first-order valence-corrected chi connectivity index (χ1v) is 15.7. The predicted octanol–water partition coefficient (Wildman–Crippen LogP) is 5.68. The number of rotatable bonds is 19. The molecule has 2 aliphatic rings. The fourth-order valence-corrected chi connectivity index (χ4v) is 5.64. The number of esters is 2. The second-order valence-corrected chi connectivity index (χ2v) is 11.7. The van der Waals surface area contributed by atoms with Crippen LogP contribution in [0.3, 0.4) is 0 Å². The smallest absolute Gasteiger partial charge is 0.308 e. The van der Waals surface area contributed by atoms with E-state index in [1.165, 1.54) is 18.9 Å². The van der Waals surface area contributed by atoms with E-state index >= 15 is 0 Å². The third-order valence-electron chi connectivity index (χ3n) is 8.39. The number of aliphatic hydroxyl groups is 1. The summed E-state index contributed by atoms with van der Waals surface area (Å²) in [5.74, 6) is -2.30. The van der Waals surface area contributed by atoms with Gasteiger partial charge in [-0.25, -0.2) is 0 Å². The van der Waals surface area contributed by atoms with Crippen LogP contribution in [0, 0.1) is 23.7 Å². The molecule has 0 amide bonds. The lowest BCUT2D eigenvalue weighted by Crippen LogP contribution is -2.46. The zero-order valence-electron chi connectivity index (χ0n) is 26.0. The Labute approximate surface area is 251 Å². The highest BCUT2D eigenvalue weighted by Gasteiger charge is 2.46. The van der Waals surface area contributed by atoms with Gasteiger partial charge >= 0.3 is 11.9 Å².